The summed E-state index contributed by atoms with van der Waals surface area (Å²) in [4.78, 5) is 2.71. The standard InChI is InChI=1S/C15H29N3O/c1-3-17-13-4-11-7-18(8-12(11)5-13)15-6-14(16-2)9-19-10-15/h11-17H,3-10H2,1-2H3. The third kappa shape index (κ3) is 2.97. The van der Waals surface area contributed by atoms with Gasteiger partial charge in [-0.1, -0.05) is 6.92 Å². The molecule has 0 aromatic rings. The van der Waals surface area contributed by atoms with Crippen molar-refractivity contribution < 1.29 is 4.74 Å². The summed E-state index contributed by atoms with van der Waals surface area (Å²) in [6, 6.07) is 1.98. The summed E-state index contributed by atoms with van der Waals surface area (Å²) in [7, 11) is 2.05. The molecule has 1 aliphatic carbocycles. The molecule has 3 aliphatic rings. The molecule has 2 heterocycles. The molecule has 0 spiro atoms. The molecular weight excluding hydrogens is 238 g/mol. The van der Waals surface area contributed by atoms with Crippen molar-refractivity contribution in [3.8, 4) is 0 Å². The fourth-order valence-electron chi connectivity index (χ4n) is 4.36. The van der Waals surface area contributed by atoms with E-state index in [9.17, 15) is 0 Å². The molecule has 2 N–H and O–H groups in total. The topological polar surface area (TPSA) is 36.5 Å². The number of likely N-dealkylation sites (tertiary alicyclic amines) is 1. The molecule has 0 aromatic carbocycles. The third-order valence-electron chi connectivity index (χ3n) is 5.38. The van der Waals surface area contributed by atoms with Crippen molar-refractivity contribution in [3.63, 3.8) is 0 Å². The van der Waals surface area contributed by atoms with E-state index in [1.165, 1.54) is 32.4 Å². The molecule has 0 aromatic heterocycles. The average molecular weight is 267 g/mol. The van der Waals surface area contributed by atoms with E-state index in [1.807, 2.05) is 0 Å². The number of hydrogen-bond donors (Lipinski definition) is 2. The molecule has 0 amide bonds. The van der Waals surface area contributed by atoms with Gasteiger partial charge in [0.05, 0.1) is 13.2 Å². The number of fused-ring (bicyclic) bond motifs is 1. The SMILES string of the molecule is CCNC1CC2CN(C3COCC(NC)C3)CC2C1. The molecule has 4 atom stereocenters. The molecule has 4 unspecified atom stereocenters. The molecule has 0 radical (unpaired) electrons. The average Bonchev–Trinajstić information content (AvgIpc) is 2.97. The lowest BCUT2D eigenvalue weighted by Crippen LogP contribution is -2.48. The Hall–Kier alpha value is -0.160. The van der Waals surface area contributed by atoms with Crippen molar-refractivity contribution in [1.29, 1.82) is 0 Å². The number of rotatable bonds is 4. The maximum absolute atomic E-state index is 5.76. The zero-order valence-electron chi connectivity index (χ0n) is 12.4. The van der Waals surface area contributed by atoms with Gasteiger partial charge in [-0.2, -0.15) is 0 Å². The first-order valence-corrected chi connectivity index (χ1v) is 8.02. The lowest BCUT2D eigenvalue weighted by atomic mass is 10.0. The van der Waals surface area contributed by atoms with Crippen molar-refractivity contribution in [3.05, 3.63) is 0 Å². The maximum atomic E-state index is 5.76. The first-order chi connectivity index (χ1) is 9.30. The molecule has 110 valence electrons. The van der Waals surface area contributed by atoms with Crippen LogP contribution < -0.4 is 10.6 Å². The molecule has 2 aliphatic heterocycles. The van der Waals surface area contributed by atoms with Gasteiger partial charge in [0.15, 0.2) is 0 Å². The quantitative estimate of drug-likeness (QED) is 0.785. The van der Waals surface area contributed by atoms with Crippen LogP contribution in [0.1, 0.15) is 26.2 Å². The van der Waals surface area contributed by atoms with E-state index in [1.54, 1.807) is 0 Å². The first-order valence-electron chi connectivity index (χ1n) is 8.02. The van der Waals surface area contributed by atoms with Crippen LogP contribution in [0, 0.1) is 11.8 Å². The van der Waals surface area contributed by atoms with Crippen molar-refractivity contribution in [1.82, 2.24) is 15.5 Å². The zero-order chi connectivity index (χ0) is 13.2. The normalized spacial score (nSPS) is 43.6. The summed E-state index contributed by atoms with van der Waals surface area (Å²) in [6.45, 7) is 7.77. The Balaban J connectivity index is 1.51. The largest absolute Gasteiger partial charge is 0.378 e. The summed E-state index contributed by atoms with van der Waals surface area (Å²) >= 11 is 0. The minimum absolute atomic E-state index is 0.550. The predicted molar refractivity (Wildman–Crippen MR) is 77.3 cm³/mol. The number of ether oxygens (including phenoxy) is 1. The summed E-state index contributed by atoms with van der Waals surface area (Å²) in [6.07, 6.45) is 4.03. The van der Waals surface area contributed by atoms with Crippen LogP contribution in [0.5, 0.6) is 0 Å². The lowest BCUT2D eigenvalue weighted by Gasteiger charge is -2.35. The Morgan fingerprint density at radius 1 is 1.05 bits per heavy atom. The minimum atomic E-state index is 0.550. The van der Waals surface area contributed by atoms with Gasteiger partial charge < -0.3 is 15.4 Å². The van der Waals surface area contributed by atoms with Crippen LogP contribution in [0.15, 0.2) is 0 Å². The molecule has 0 bridgehead atoms. The summed E-state index contributed by atoms with van der Waals surface area (Å²) in [5.41, 5.74) is 0. The number of hydrogen-bond acceptors (Lipinski definition) is 4. The number of nitrogens with zero attached hydrogens (tertiary/aromatic N) is 1. The van der Waals surface area contributed by atoms with E-state index in [0.29, 0.717) is 12.1 Å². The number of nitrogens with one attached hydrogen (secondary N) is 2. The molecule has 3 rings (SSSR count). The highest BCUT2D eigenvalue weighted by atomic mass is 16.5. The summed E-state index contributed by atoms with van der Waals surface area (Å²) < 4.78 is 5.76. The van der Waals surface area contributed by atoms with Gasteiger partial charge in [0, 0.05) is 31.2 Å². The Morgan fingerprint density at radius 2 is 1.79 bits per heavy atom. The second-order valence-electron chi connectivity index (χ2n) is 6.61. The monoisotopic (exact) mass is 267 g/mol. The highest BCUT2D eigenvalue weighted by molar-refractivity contribution is 4.97. The third-order valence-corrected chi connectivity index (χ3v) is 5.38. The van der Waals surface area contributed by atoms with Crippen molar-refractivity contribution in [2.45, 2.75) is 44.3 Å². The van der Waals surface area contributed by atoms with Gasteiger partial charge in [-0.15, -0.1) is 0 Å². The fraction of sp³-hybridized carbons (Fsp3) is 1.00. The first kappa shape index (κ1) is 13.8. The Kier molecular flexibility index (Phi) is 4.42. The Labute approximate surface area is 117 Å². The Bertz CT molecular complexity index is 285. The highest BCUT2D eigenvalue weighted by Crippen LogP contribution is 2.39. The van der Waals surface area contributed by atoms with E-state index >= 15 is 0 Å². The molecular formula is C15H29N3O. The van der Waals surface area contributed by atoms with Gasteiger partial charge >= 0.3 is 0 Å². The van der Waals surface area contributed by atoms with Crippen LogP contribution >= 0.6 is 0 Å². The zero-order valence-corrected chi connectivity index (χ0v) is 12.4. The van der Waals surface area contributed by atoms with E-state index in [0.717, 1.165) is 37.6 Å². The van der Waals surface area contributed by atoms with Crippen LogP contribution in [-0.4, -0.2) is 62.9 Å². The highest BCUT2D eigenvalue weighted by Gasteiger charge is 2.43. The smallest absolute Gasteiger partial charge is 0.0623 e. The molecule has 1 saturated carbocycles. The Morgan fingerprint density at radius 3 is 2.42 bits per heavy atom. The van der Waals surface area contributed by atoms with Crippen LogP contribution in [0.2, 0.25) is 0 Å². The van der Waals surface area contributed by atoms with Gasteiger partial charge in [-0.25, -0.2) is 0 Å². The molecule has 4 heteroatoms. The van der Waals surface area contributed by atoms with Gasteiger partial charge in [0.1, 0.15) is 0 Å². The van der Waals surface area contributed by atoms with Crippen LogP contribution in [-0.2, 0) is 4.74 Å². The molecule has 2 saturated heterocycles. The van der Waals surface area contributed by atoms with Crippen molar-refractivity contribution in [2.75, 3.05) is 39.9 Å². The van der Waals surface area contributed by atoms with E-state index in [2.05, 4.69) is 29.5 Å². The van der Waals surface area contributed by atoms with Crippen LogP contribution in [0.3, 0.4) is 0 Å². The van der Waals surface area contributed by atoms with Crippen molar-refractivity contribution >= 4 is 0 Å². The lowest BCUT2D eigenvalue weighted by molar-refractivity contribution is 0.00585. The van der Waals surface area contributed by atoms with Gasteiger partial charge in [-0.05, 0) is 44.7 Å². The summed E-state index contributed by atoms with van der Waals surface area (Å²) in [5, 5.41) is 7.00. The second-order valence-corrected chi connectivity index (χ2v) is 6.61. The molecule has 3 fully saturated rings. The van der Waals surface area contributed by atoms with E-state index < -0.39 is 0 Å². The van der Waals surface area contributed by atoms with Crippen LogP contribution in [0.25, 0.3) is 0 Å². The minimum Gasteiger partial charge on any atom is -0.378 e. The van der Waals surface area contributed by atoms with E-state index in [4.69, 9.17) is 4.74 Å². The molecule has 19 heavy (non-hydrogen) atoms. The summed E-state index contributed by atoms with van der Waals surface area (Å²) in [5.74, 6) is 1.86. The van der Waals surface area contributed by atoms with Gasteiger partial charge in [-0.3, -0.25) is 4.90 Å². The maximum Gasteiger partial charge on any atom is 0.0623 e. The van der Waals surface area contributed by atoms with Gasteiger partial charge in [0.2, 0.25) is 0 Å². The van der Waals surface area contributed by atoms with Crippen LogP contribution in [0.4, 0.5) is 0 Å². The van der Waals surface area contributed by atoms with Crippen molar-refractivity contribution in [2.24, 2.45) is 11.8 Å². The second kappa shape index (κ2) is 6.08. The molecule has 4 nitrogen and oxygen atoms in total. The predicted octanol–water partition coefficient (Wildman–Crippen LogP) is 0.683. The van der Waals surface area contributed by atoms with Gasteiger partial charge in [0.25, 0.3) is 0 Å². The fourth-order valence-corrected chi connectivity index (χ4v) is 4.36. The number of likely N-dealkylation sites (N-methyl/N-ethyl adjacent to an activating group) is 1. The van der Waals surface area contributed by atoms with E-state index in [-0.39, 0.29) is 0 Å².